The van der Waals surface area contributed by atoms with E-state index in [1.807, 2.05) is 29.6 Å². The predicted molar refractivity (Wildman–Crippen MR) is 97.2 cm³/mol. The van der Waals surface area contributed by atoms with E-state index in [-0.39, 0.29) is 13.1 Å². The number of halogens is 1. The average molecular weight is 375 g/mol. The minimum atomic E-state index is -0.721. The molecule has 0 spiro atoms. The second-order valence-corrected chi connectivity index (χ2v) is 6.55. The van der Waals surface area contributed by atoms with Crippen LogP contribution in [0.25, 0.3) is 10.6 Å². The lowest BCUT2D eigenvalue weighted by Gasteiger charge is -2.07. The molecule has 3 aromatic rings. The highest BCUT2D eigenvalue weighted by molar-refractivity contribution is 7.13. The van der Waals surface area contributed by atoms with Gasteiger partial charge in [0.1, 0.15) is 11.5 Å². The summed E-state index contributed by atoms with van der Waals surface area (Å²) in [6, 6.07) is 14.6. The topological polar surface area (TPSA) is 71.3 Å². The van der Waals surface area contributed by atoms with Gasteiger partial charge in [0.15, 0.2) is 0 Å². The first-order valence-corrected chi connectivity index (χ1v) is 8.81. The van der Waals surface area contributed by atoms with E-state index in [4.69, 9.17) is 16.0 Å². The van der Waals surface area contributed by atoms with Crippen LogP contribution in [0.4, 0.5) is 0 Å². The lowest BCUT2D eigenvalue weighted by Crippen LogP contribution is -2.39. The van der Waals surface area contributed by atoms with E-state index in [2.05, 4.69) is 10.6 Å². The number of furan rings is 1. The molecule has 2 amide bonds. The van der Waals surface area contributed by atoms with Crippen molar-refractivity contribution in [1.82, 2.24) is 10.6 Å². The molecule has 0 aliphatic rings. The quantitative estimate of drug-likeness (QED) is 0.670. The molecular formula is C18H15ClN2O3S. The van der Waals surface area contributed by atoms with Crippen LogP contribution >= 0.6 is 22.9 Å². The first-order valence-electron chi connectivity index (χ1n) is 7.55. The minimum absolute atomic E-state index is 0.143. The third-order valence-corrected chi connectivity index (χ3v) is 4.71. The van der Waals surface area contributed by atoms with Gasteiger partial charge in [0, 0.05) is 11.6 Å². The Balaban J connectivity index is 1.49. The van der Waals surface area contributed by atoms with Crippen LogP contribution in [0, 0.1) is 0 Å². The first kappa shape index (κ1) is 17.3. The van der Waals surface area contributed by atoms with Gasteiger partial charge in [-0.25, -0.2) is 0 Å². The molecule has 0 unspecified atom stereocenters. The Kier molecular flexibility index (Phi) is 5.53. The van der Waals surface area contributed by atoms with Gasteiger partial charge in [-0.15, -0.1) is 11.3 Å². The summed E-state index contributed by atoms with van der Waals surface area (Å²) in [5.74, 6) is -0.121. The van der Waals surface area contributed by atoms with Crippen molar-refractivity contribution in [3.05, 3.63) is 70.3 Å². The molecule has 0 radical (unpaired) electrons. The Bertz CT molecular complexity index is 874. The molecule has 0 saturated heterocycles. The second kappa shape index (κ2) is 8.00. The molecule has 0 aliphatic heterocycles. The van der Waals surface area contributed by atoms with Crippen molar-refractivity contribution < 1.29 is 14.0 Å². The molecule has 7 heteroatoms. The van der Waals surface area contributed by atoms with Gasteiger partial charge in [0.05, 0.1) is 11.4 Å². The zero-order valence-corrected chi connectivity index (χ0v) is 14.7. The van der Waals surface area contributed by atoms with Gasteiger partial charge in [0.2, 0.25) is 0 Å². The molecule has 128 valence electrons. The highest BCUT2D eigenvalue weighted by atomic mass is 35.5. The fourth-order valence-electron chi connectivity index (χ4n) is 2.17. The Morgan fingerprint density at radius 2 is 1.72 bits per heavy atom. The first-order chi connectivity index (χ1) is 12.1. The Hall–Kier alpha value is -2.57. The van der Waals surface area contributed by atoms with E-state index in [1.165, 1.54) is 0 Å². The summed E-state index contributed by atoms with van der Waals surface area (Å²) in [7, 11) is 0. The Morgan fingerprint density at radius 3 is 2.44 bits per heavy atom. The standard InChI is InChI=1S/C18H15ClN2O3S/c19-14-5-2-1-4-12(14)10-20-17(22)18(23)21-11-13-7-8-15(24-13)16-6-3-9-25-16/h1-9H,10-11H2,(H,20,22)(H,21,23). The highest BCUT2D eigenvalue weighted by Crippen LogP contribution is 2.26. The van der Waals surface area contributed by atoms with E-state index in [0.29, 0.717) is 10.8 Å². The average Bonchev–Trinajstić information content (AvgIpc) is 3.29. The fraction of sp³-hybridized carbons (Fsp3) is 0.111. The lowest BCUT2D eigenvalue weighted by molar-refractivity contribution is -0.139. The van der Waals surface area contributed by atoms with Crippen LogP contribution < -0.4 is 10.6 Å². The number of amides is 2. The maximum atomic E-state index is 11.9. The summed E-state index contributed by atoms with van der Waals surface area (Å²) < 4.78 is 5.65. The monoisotopic (exact) mass is 374 g/mol. The van der Waals surface area contributed by atoms with E-state index >= 15 is 0 Å². The molecule has 0 aliphatic carbocycles. The summed E-state index contributed by atoms with van der Waals surface area (Å²) in [5.41, 5.74) is 0.747. The van der Waals surface area contributed by atoms with E-state index in [9.17, 15) is 9.59 Å². The number of rotatable bonds is 5. The fourth-order valence-corrected chi connectivity index (χ4v) is 3.06. The number of thiophene rings is 1. The Morgan fingerprint density at radius 1 is 0.960 bits per heavy atom. The number of benzene rings is 1. The van der Waals surface area contributed by atoms with Crippen LogP contribution in [0.15, 0.2) is 58.3 Å². The zero-order valence-electron chi connectivity index (χ0n) is 13.1. The van der Waals surface area contributed by atoms with E-state index in [0.717, 1.165) is 16.2 Å². The molecule has 0 atom stereocenters. The van der Waals surface area contributed by atoms with Gasteiger partial charge in [-0.2, -0.15) is 0 Å². The van der Waals surface area contributed by atoms with Crippen LogP contribution in [0.3, 0.4) is 0 Å². The van der Waals surface area contributed by atoms with Crippen LogP contribution in [0.2, 0.25) is 5.02 Å². The normalized spacial score (nSPS) is 10.4. The molecule has 2 heterocycles. The Labute approximate surface area is 153 Å². The largest absolute Gasteiger partial charge is 0.458 e. The van der Waals surface area contributed by atoms with Crippen molar-refractivity contribution in [1.29, 1.82) is 0 Å². The van der Waals surface area contributed by atoms with Crippen molar-refractivity contribution in [2.45, 2.75) is 13.1 Å². The van der Waals surface area contributed by atoms with Gasteiger partial charge >= 0.3 is 11.8 Å². The third-order valence-electron chi connectivity index (χ3n) is 3.45. The number of hydrogen-bond acceptors (Lipinski definition) is 4. The molecule has 0 fully saturated rings. The van der Waals surface area contributed by atoms with Crippen molar-refractivity contribution in [2.75, 3.05) is 0 Å². The SMILES string of the molecule is O=C(NCc1ccc(-c2cccs2)o1)C(=O)NCc1ccccc1Cl. The van der Waals surface area contributed by atoms with E-state index in [1.54, 1.807) is 35.6 Å². The summed E-state index contributed by atoms with van der Waals surface area (Å²) >= 11 is 7.58. The molecule has 0 saturated carbocycles. The van der Waals surface area contributed by atoms with Gasteiger partial charge in [-0.05, 0) is 35.2 Å². The van der Waals surface area contributed by atoms with Crippen LogP contribution in [0.1, 0.15) is 11.3 Å². The molecule has 25 heavy (non-hydrogen) atoms. The molecule has 3 rings (SSSR count). The molecular weight excluding hydrogens is 360 g/mol. The number of nitrogens with one attached hydrogen (secondary N) is 2. The summed E-state index contributed by atoms with van der Waals surface area (Å²) in [4.78, 5) is 24.7. The van der Waals surface area contributed by atoms with Crippen LogP contribution in [-0.2, 0) is 22.7 Å². The molecule has 2 N–H and O–H groups in total. The predicted octanol–water partition coefficient (Wildman–Crippen LogP) is 3.59. The zero-order chi connectivity index (χ0) is 17.6. The van der Waals surface area contributed by atoms with E-state index < -0.39 is 11.8 Å². The van der Waals surface area contributed by atoms with Gasteiger partial charge in [0.25, 0.3) is 0 Å². The van der Waals surface area contributed by atoms with Crippen molar-refractivity contribution >= 4 is 34.8 Å². The number of carbonyl (C=O) groups is 2. The van der Waals surface area contributed by atoms with Crippen molar-refractivity contribution in [2.24, 2.45) is 0 Å². The second-order valence-electron chi connectivity index (χ2n) is 5.20. The molecule has 5 nitrogen and oxygen atoms in total. The van der Waals surface area contributed by atoms with Gasteiger partial charge in [-0.1, -0.05) is 35.9 Å². The maximum Gasteiger partial charge on any atom is 0.309 e. The highest BCUT2D eigenvalue weighted by Gasteiger charge is 2.14. The minimum Gasteiger partial charge on any atom is -0.458 e. The maximum absolute atomic E-state index is 11.9. The van der Waals surface area contributed by atoms with Crippen LogP contribution in [0.5, 0.6) is 0 Å². The third kappa shape index (κ3) is 4.49. The summed E-state index contributed by atoms with van der Waals surface area (Å²) in [5, 5.41) is 7.58. The molecule has 0 bridgehead atoms. The molecule has 2 aromatic heterocycles. The summed E-state index contributed by atoms with van der Waals surface area (Å²) in [6.45, 7) is 0.332. The van der Waals surface area contributed by atoms with Gasteiger partial charge in [-0.3, -0.25) is 9.59 Å². The van der Waals surface area contributed by atoms with Crippen LogP contribution in [-0.4, -0.2) is 11.8 Å². The van der Waals surface area contributed by atoms with Gasteiger partial charge < -0.3 is 15.1 Å². The summed E-state index contributed by atoms with van der Waals surface area (Å²) in [6.07, 6.45) is 0. The smallest absolute Gasteiger partial charge is 0.309 e. The van der Waals surface area contributed by atoms with Crippen molar-refractivity contribution in [3.8, 4) is 10.6 Å². The lowest BCUT2D eigenvalue weighted by atomic mass is 10.2. The number of carbonyl (C=O) groups excluding carboxylic acids is 2. The number of hydrogen-bond donors (Lipinski definition) is 2. The van der Waals surface area contributed by atoms with Crippen molar-refractivity contribution in [3.63, 3.8) is 0 Å². The molecule has 1 aromatic carbocycles.